The molecule has 1 aromatic carbocycles. The summed E-state index contributed by atoms with van der Waals surface area (Å²) in [6.45, 7) is 3.37. The number of hydrogen-bond acceptors (Lipinski definition) is 3. The summed E-state index contributed by atoms with van der Waals surface area (Å²) in [6, 6.07) is 11.4. The Kier molecular flexibility index (Phi) is 4.34. The number of amides is 1. The Bertz CT molecular complexity index is 703. The van der Waals surface area contributed by atoms with E-state index in [1.807, 2.05) is 0 Å². The number of aromatic nitrogens is 1. The number of carbonyl (C=O) groups is 1. The van der Waals surface area contributed by atoms with Crippen LogP contribution in [0.5, 0.6) is 0 Å². The first-order chi connectivity index (χ1) is 10.7. The molecular formula is C17H19N3O2. The third-order valence-electron chi connectivity index (χ3n) is 3.97. The third-order valence-corrected chi connectivity index (χ3v) is 3.97. The molecule has 1 aromatic heterocycles. The van der Waals surface area contributed by atoms with Crippen molar-refractivity contribution in [3.05, 3.63) is 69.6 Å². The maximum Gasteiger partial charge on any atom is 0.252 e. The van der Waals surface area contributed by atoms with Gasteiger partial charge in [0, 0.05) is 38.4 Å². The van der Waals surface area contributed by atoms with Gasteiger partial charge < -0.3 is 10.3 Å². The molecular weight excluding hydrogens is 278 g/mol. The number of carbonyl (C=O) groups excluding carboxylic acids is 1. The van der Waals surface area contributed by atoms with Gasteiger partial charge in [-0.2, -0.15) is 0 Å². The Labute approximate surface area is 129 Å². The molecule has 114 valence electrons. The maximum atomic E-state index is 11.9. The van der Waals surface area contributed by atoms with E-state index in [4.69, 9.17) is 0 Å². The van der Waals surface area contributed by atoms with E-state index in [0.29, 0.717) is 12.1 Å². The average Bonchev–Trinajstić information content (AvgIpc) is 2.55. The fraction of sp³-hybridized carbons (Fsp3) is 0.294. The van der Waals surface area contributed by atoms with Crippen LogP contribution in [0.2, 0.25) is 0 Å². The summed E-state index contributed by atoms with van der Waals surface area (Å²) in [5.41, 5.74) is 3.07. The third kappa shape index (κ3) is 3.43. The van der Waals surface area contributed by atoms with Crippen molar-refractivity contribution in [3.8, 4) is 0 Å². The number of rotatable bonds is 4. The van der Waals surface area contributed by atoms with Gasteiger partial charge in [0.05, 0.1) is 5.56 Å². The number of hydrogen-bond donors (Lipinski definition) is 2. The Hall–Kier alpha value is -2.40. The zero-order valence-corrected chi connectivity index (χ0v) is 12.3. The number of benzene rings is 1. The Morgan fingerprint density at radius 1 is 1.18 bits per heavy atom. The molecule has 0 spiro atoms. The molecule has 0 radical (unpaired) electrons. The smallest absolute Gasteiger partial charge is 0.252 e. The molecule has 1 aliphatic rings. The van der Waals surface area contributed by atoms with Gasteiger partial charge in [0.25, 0.3) is 5.91 Å². The molecule has 1 aliphatic heterocycles. The molecule has 0 saturated heterocycles. The Morgan fingerprint density at radius 3 is 2.77 bits per heavy atom. The molecule has 0 fully saturated rings. The lowest BCUT2D eigenvalue weighted by atomic mass is 10.00. The minimum Gasteiger partial charge on any atom is -0.351 e. The van der Waals surface area contributed by atoms with Gasteiger partial charge >= 0.3 is 0 Å². The standard InChI is InChI=1S/C17H19N3O2/c21-16-6-5-14(11-19-16)17(22)18-8-10-20-9-7-13-3-1-2-4-15(13)12-20/h1-6,11H,7-10,12H2,(H,18,22)(H,19,21). The van der Waals surface area contributed by atoms with Crippen LogP contribution in [0.3, 0.4) is 0 Å². The van der Waals surface area contributed by atoms with Crippen LogP contribution in [0, 0.1) is 0 Å². The van der Waals surface area contributed by atoms with Gasteiger partial charge in [-0.05, 0) is 23.6 Å². The van der Waals surface area contributed by atoms with Crippen molar-refractivity contribution in [3.63, 3.8) is 0 Å². The number of fused-ring (bicyclic) bond motifs is 1. The molecule has 0 unspecified atom stereocenters. The molecule has 2 heterocycles. The number of nitrogens with one attached hydrogen (secondary N) is 2. The second-order valence-electron chi connectivity index (χ2n) is 5.49. The molecule has 2 aromatic rings. The first kappa shape index (κ1) is 14.5. The Balaban J connectivity index is 1.49. The van der Waals surface area contributed by atoms with Crippen molar-refractivity contribution >= 4 is 5.91 Å². The van der Waals surface area contributed by atoms with E-state index in [0.717, 1.165) is 26.1 Å². The van der Waals surface area contributed by atoms with Crippen molar-refractivity contribution in [2.24, 2.45) is 0 Å². The Morgan fingerprint density at radius 2 is 2.00 bits per heavy atom. The van der Waals surface area contributed by atoms with E-state index in [2.05, 4.69) is 39.5 Å². The summed E-state index contributed by atoms with van der Waals surface area (Å²) >= 11 is 0. The van der Waals surface area contributed by atoms with Crippen molar-refractivity contribution in [2.75, 3.05) is 19.6 Å². The second kappa shape index (κ2) is 6.58. The highest BCUT2D eigenvalue weighted by molar-refractivity contribution is 5.93. The topological polar surface area (TPSA) is 65.2 Å². The van der Waals surface area contributed by atoms with Crippen molar-refractivity contribution in [1.82, 2.24) is 15.2 Å². The van der Waals surface area contributed by atoms with Crippen LogP contribution in [-0.4, -0.2) is 35.4 Å². The summed E-state index contributed by atoms with van der Waals surface area (Å²) in [4.78, 5) is 27.8. The van der Waals surface area contributed by atoms with Gasteiger partial charge in [0.15, 0.2) is 0 Å². The number of aromatic amines is 1. The molecule has 1 amide bonds. The SMILES string of the molecule is O=C(NCCN1CCc2ccccc2C1)c1ccc(=O)[nH]c1. The second-order valence-corrected chi connectivity index (χ2v) is 5.49. The van der Waals surface area contributed by atoms with Gasteiger partial charge in [-0.15, -0.1) is 0 Å². The predicted molar refractivity (Wildman–Crippen MR) is 84.8 cm³/mol. The van der Waals surface area contributed by atoms with Crippen molar-refractivity contribution in [2.45, 2.75) is 13.0 Å². The molecule has 0 atom stereocenters. The first-order valence-electron chi connectivity index (χ1n) is 7.48. The molecule has 22 heavy (non-hydrogen) atoms. The lowest BCUT2D eigenvalue weighted by Gasteiger charge is -2.28. The predicted octanol–water partition coefficient (Wildman–Crippen LogP) is 1.16. The summed E-state index contributed by atoms with van der Waals surface area (Å²) in [7, 11) is 0. The highest BCUT2D eigenvalue weighted by Gasteiger charge is 2.15. The molecule has 0 bridgehead atoms. The molecule has 5 heteroatoms. The molecule has 2 N–H and O–H groups in total. The fourth-order valence-corrected chi connectivity index (χ4v) is 2.73. The number of pyridine rings is 1. The molecule has 3 rings (SSSR count). The summed E-state index contributed by atoms with van der Waals surface area (Å²) in [5.74, 6) is -0.159. The first-order valence-corrected chi connectivity index (χ1v) is 7.48. The minimum atomic E-state index is -0.205. The van der Waals surface area contributed by atoms with E-state index >= 15 is 0 Å². The van der Waals surface area contributed by atoms with Gasteiger partial charge in [-0.1, -0.05) is 24.3 Å². The number of H-pyrrole nitrogens is 1. The zero-order valence-electron chi connectivity index (χ0n) is 12.3. The lowest BCUT2D eigenvalue weighted by molar-refractivity contribution is 0.0947. The largest absolute Gasteiger partial charge is 0.351 e. The van der Waals surface area contributed by atoms with Gasteiger partial charge in [0.1, 0.15) is 0 Å². The van der Waals surface area contributed by atoms with Crippen LogP contribution in [0.25, 0.3) is 0 Å². The normalized spacial score (nSPS) is 14.4. The van der Waals surface area contributed by atoms with E-state index in [-0.39, 0.29) is 11.5 Å². The van der Waals surface area contributed by atoms with E-state index in [1.54, 1.807) is 0 Å². The van der Waals surface area contributed by atoms with Gasteiger partial charge in [-0.3, -0.25) is 14.5 Å². The molecule has 0 aliphatic carbocycles. The number of nitrogens with zero attached hydrogens (tertiary/aromatic N) is 1. The summed E-state index contributed by atoms with van der Waals surface area (Å²) in [6.07, 6.45) is 2.50. The minimum absolute atomic E-state index is 0.159. The van der Waals surface area contributed by atoms with Crippen LogP contribution >= 0.6 is 0 Å². The molecule has 5 nitrogen and oxygen atoms in total. The monoisotopic (exact) mass is 297 g/mol. The van der Waals surface area contributed by atoms with Crippen molar-refractivity contribution < 1.29 is 4.79 Å². The van der Waals surface area contributed by atoms with Gasteiger partial charge in [0.2, 0.25) is 5.56 Å². The lowest BCUT2D eigenvalue weighted by Crippen LogP contribution is -2.37. The van der Waals surface area contributed by atoms with Crippen LogP contribution in [-0.2, 0) is 13.0 Å². The molecule has 0 saturated carbocycles. The van der Waals surface area contributed by atoms with Crippen molar-refractivity contribution in [1.29, 1.82) is 0 Å². The fourth-order valence-electron chi connectivity index (χ4n) is 2.73. The highest BCUT2D eigenvalue weighted by Crippen LogP contribution is 2.17. The summed E-state index contributed by atoms with van der Waals surface area (Å²) < 4.78 is 0. The zero-order chi connectivity index (χ0) is 15.4. The maximum absolute atomic E-state index is 11.9. The average molecular weight is 297 g/mol. The van der Waals surface area contributed by atoms with E-state index in [9.17, 15) is 9.59 Å². The van der Waals surface area contributed by atoms with Gasteiger partial charge in [-0.25, -0.2) is 0 Å². The van der Waals surface area contributed by atoms with Crippen LogP contribution < -0.4 is 10.9 Å². The van der Waals surface area contributed by atoms with Crippen LogP contribution in [0.15, 0.2) is 47.4 Å². The quantitative estimate of drug-likeness (QED) is 0.890. The van der Waals surface area contributed by atoms with E-state index in [1.165, 1.54) is 29.5 Å². The van der Waals surface area contributed by atoms with Crippen LogP contribution in [0.4, 0.5) is 0 Å². The summed E-state index contributed by atoms with van der Waals surface area (Å²) in [5, 5.41) is 2.89. The highest BCUT2D eigenvalue weighted by atomic mass is 16.1. The van der Waals surface area contributed by atoms with E-state index < -0.39 is 0 Å². The van der Waals surface area contributed by atoms with Crippen LogP contribution in [0.1, 0.15) is 21.5 Å².